The molecule has 0 unspecified atom stereocenters. The van der Waals surface area contributed by atoms with E-state index < -0.39 is 0 Å². The summed E-state index contributed by atoms with van der Waals surface area (Å²) in [6.45, 7) is 3.18. The first-order chi connectivity index (χ1) is 10.2. The van der Waals surface area contributed by atoms with Crippen LogP contribution in [0.15, 0.2) is 42.5 Å². The molecule has 0 spiro atoms. The van der Waals surface area contributed by atoms with Crippen LogP contribution in [0.3, 0.4) is 0 Å². The Balaban J connectivity index is 2.04. The van der Waals surface area contributed by atoms with Gasteiger partial charge < -0.3 is 19.9 Å². The van der Waals surface area contributed by atoms with Gasteiger partial charge in [-0.05, 0) is 36.2 Å². The molecule has 0 aliphatic carbocycles. The number of anilines is 1. The minimum absolute atomic E-state index is 0.431. The predicted octanol–water partition coefficient (Wildman–Crippen LogP) is 3.65. The van der Waals surface area contributed by atoms with E-state index in [2.05, 4.69) is 6.92 Å². The summed E-state index contributed by atoms with van der Waals surface area (Å²) >= 11 is 0. The zero-order valence-corrected chi connectivity index (χ0v) is 12.5. The first-order valence-corrected chi connectivity index (χ1v) is 7.01. The Morgan fingerprint density at radius 1 is 0.952 bits per heavy atom. The molecule has 2 aromatic rings. The molecule has 2 aromatic carbocycles. The molecule has 0 atom stereocenters. The highest BCUT2D eigenvalue weighted by atomic mass is 16.5. The predicted molar refractivity (Wildman–Crippen MR) is 84.0 cm³/mol. The molecule has 112 valence electrons. The number of nitrogens with two attached hydrogens (primary N) is 1. The third-order valence-electron chi connectivity index (χ3n) is 3.00. The number of rotatable bonds is 7. The van der Waals surface area contributed by atoms with Gasteiger partial charge in [-0.15, -0.1) is 0 Å². The Labute approximate surface area is 125 Å². The lowest BCUT2D eigenvalue weighted by molar-refractivity contribution is 0.262. The van der Waals surface area contributed by atoms with Gasteiger partial charge in [-0.3, -0.25) is 0 Å². The Bertz CT molecular complexity index is 584. The zero-order chi connectivity index (χ0) is 15.1. The SMILES string of the molecule is CCCOc1ccccc1OCc1ccc(OC)c(N)c1. The zero-order valence-electron chi connectivity index (χ0n) is 12.5. The maximum absolute atomic E-state index is 5.89. The maximum atomic E-state index is 5.89. The van der Waals surface area contributed by atoms with E-state index in [1.165, 1.54) is 0 Å². The molecule has 0 saturated carbocycles. The van der Waals surface area contributed by atoms with Crippen molar-refractivity contribution in [3.8, 4) is 17.2 Å². The van der Waals surface area contributed by atoms with E-state index >= 15 is 0 Å². The Kier molecular flexibility index (Phi) is 5.32. The second-order valence-corrected chi connectivity index (χ2v) is 4.66. The van der Waals surface area contributed by atoms with Crippen LogP contribution in [0.1, 0.15) is 18.9 Å². The highest BCUT2D eigenvalue weighted by Gasteiger charge is 2.06. The van der Waals surface area contributed by atoms with Crippen LogP contribution in [-0.2, 0) is 6.61 Å². The molecule has 0 aromatic heterocycles. The second-order valence-electron chi connectivity index (χ2n) is 4.66. The molecule has 0 aliphatic heterocycles. The van der Waals surface area contributed by atoms with Crippen molar-refractivity contribution in [2.75, 3.05) is 19.5 Å². The van der Waals surface area contributed by atoms with Crippen molar-refractivity contribution in [3.05, 3.63) is 48.0 Å². The molecule has 4 heteroatoms. The third-order valence-corrected chi connectivity index (χ3v) is 3.00. The Hall–Kier alpha value is -2.36. The fourth-order valence-corrected chi connectivity index (χ4v) is 1.94. The van der Waals surface area contributed by atoms with E-state index in [1.807, 2.05) is 42.5 Å². The lowest BCUT2D eigenvalue weighted by Crippen LogP contribution is -2.01. The smallest absolute Gasteiger partial charge is 0.161 e. The minimum Gasteiger partial charge on any atom is -0.495 e. The van der Waals surface area contributed by atoms with Crippen molar-refractivity contribution in [1.82, 2.24) is 0 Å². The third kappa shape index (κ3) is 4.05. The van der Waals surface area contributed by atoms with Crippen LogP contribution >= 0.6 is 0 Å². The molecule has 0 amide bonds. The lowest BCUT2D eigenvalue weighted by atomic mass is 10.2. The molecule has 2 N–H and O–H groups in total. The van der Waals surface area contributed by atoms with Gasteiger partial charge in [0, 0.05) is 0 Å². The summed E-state index contributed by atoms with van der Waals surface area (Å²) in [7, 11) is 1.60. The normalized spacial score (nSPS) is 10.2. The summed E-state index contributed by atoms with van der Waals surface area (Å²) < 4.78 is 16.6. The molecule has 0 saturated heterocycles. The standard InChI is InChI=1S/C17H21NO3/c1-3-10-20-16-6-4-5-7-17(16)21-12-13-8-9-15(19-2)14(18)11-13/h4-9,11H,3,10,12,18H2,1-2H3. The number of hydrogen-bond acceptors (Lipinski definition) is 4. The quantitative estimate of drug-likeness (QED) is 0.790. The Morgan fingerprint density at radius 2 is 1.67 bits per heavy atom. The fourth-order valence-electron chi connectivity index (χ4n) is 1.94. The molecule has 0 heterocycles. The van der Waals surface area contributed by atoms with E-state index in [1.54, 1.807) is 7.11 Å². The van der Waals surface area contributed by atoms with E-state index in [0.29, 0.717) is 24.7 Å². The van der Waals surface area contributed by atoms with Gasteiger partial charge in [-0.25, -0.2) is 0 Å². The van der Waals surface area contributed by atoms with Gasteiger partial charge in [0.25, 0.3) is 0 Å². The van der Waals surface area contributed by atoms with Crippen LogP contribution in [0.25, 0.3) is 0 Å². The molecular weight excluding hydrogens is 266 g/mol. The van der Waals surface area contributed by atoms with Gasteiger partial charge in [0.05, 0.1) is 19.4 Å². The average molecular weight is 287 g/mol. The molecule has 2 rings (SSSR count). The van der Waals surface area contributed by atoms with Crippen molar-refractivity contribution < 1.29 is 14.2 Å². The van der Waals surface area contributed by atoms with E-state index in [9.17, 15) is 0 Å². The first kappa shape index (κ1) is 15.0. The highest BCUT2D eigenvalue weighted by Crippen LogP contribution is 2.28. The van der Waals surface area contributed by atoms with Gasteiger partial charge >= 0.3 is 0 Å². The van der Waals surface area contributed by atoms with Crippen LogP contribution in [0.5, 0.6) is 17.2 Å². The molecule has 0 fully saturated rings. The molecule has 0 bridgehead atoms. The molecule has 4 nitrogen and oxygen atoms in total. The van der Waals surface area contributed by atoms with Crippen LogP contribution in [0.2, 0.25) is 0 Å². The molecule has 0 radical (unpaired) electrons. The van der Waals surface area contributed by atoms with Crippen molar-refractivity contribution >= 4 is 5.69 Å². The Morgan fingerprint density at radius 3 is 2.29 bits per heavy atom. The van der Waals surface area contributed by atoms with E-state index in [0.717, 1.165) is 23.5 Å². The topological polar surface area (TPSA) is 53.7 Å². The van der Waals surface area contributed by atoms with Crippen molar-refractivity contribution in [2.45, 2.75) is 20.0 Å². The molecule has 21 heavy (non-hydrogen) atoms. The number of ether oxygens (including phenoxy) is 3. The van der Waals surface area contributed by atoms with Gasteiger partial charge in [-0.2, -0.15) is 0 Å². The summed E-state index contributed by atoms with van der Waals surface area (Å²) in [5.41, 5.74) is 7.48. The number of nitrogen functional groups attached to an aromatic ring is 1. The van der Waals surface area contributed by atoms with Crippen LogP contribution in [-0.4, -0.2) is 13.7 Å². The van der Waals surface area contributed by atoms with Crippen molar-refractivity contribution in [1.29, 1.82) is 0 Å². The van der Waals surface area contributed by atoms with E-state index in [4.69, 9.17) is 19.9 Å². The summed E-state index contributed by atoms with van der Waals surface area (Å²) in [4.78, 5) is 0. The largest absolute Gasteiger partial charge is 0.495 e. The van der Waals surface area contributed by atoms with Gasteiger partial charge in [-0.1, -0.05) is 25.1 Å². The number of benzene rings is 2. The second kappa shape index (κ2) is 7.43. The number of hydrogen-bond donors (Lipinski definition) is 1. The van der Waals surface area contributed by atoms with E-state index in [-0.39, 0.29) is 0 Å². The highest BCUT2D eigenvalue weighted by molar-refractivity contribution is 5.54. The summed E-state index contributed by atoms with van der Waals surface area (Å²) in [6, 6.07) is 13.3. The van der Waals surface area contributed by atoms with Gasteiger partial charge in [0.15, 0.2) is 11.5 Å². The summed E-state index contributed by atoms with van der Waals surface area (Å²) in [5, 5.41) is 0. The molecule has 0 aliphatic rings. The van der Waals surface area contributed by atoms with Gasteiger partial charge in [0.2, 0.25) is 0 Å². The molecular formula is C17H21NO3. The van der Waals surface area contributed by atoms with Crippen LogP contribution < -0.4 is 19.9 Å². The minimum atomic E-state index is 0.431. The monoisotopic (exact) mass is 287 g/mol. The van der Waals surface area contributed by atoms with Crippen LogP contribution in [0, 0.1) is 0 Å². The first-order valence-electron chi connectivity index (χ1n) is 7.01. The van der Waals surface area contributed by atoms with Crippen molar-refractivity contribution in [2.24, 2.45) is 0 Å². The number of methoxy groups -OCH3 is 1. The fraction of sp³-hybridized carbons (Fsp3) is 0.294. The maximum Gasteiger partial charge on any atom is 0.161 e. The average Bonchev–Trinajstić information content (AvgIpc) is 2.52. The summed E-state index contributed by atoms with van der Waals surface area (Å²) in [5.74, 6) is 2.17. The van der Waals surface area contributed by atoms with Crippen LogP contribution in [0.4, 0.5) is 5.69 Å². The number of para-hydroxylation sites is 2. The summed E-state index contributed by atoms with van der Waals surface area (Å²) in [6.07, 6.45) is 0.962. The van der Waals surface area contributed by atoms with Gasteiger partial charge in [0.1, 0.15) is 12.4 Å². The van der Waals surface area contributed by atoms with Crippen molar-refractivity contribution in [3.63, 3.8) is 0 Å². The lowest BCUT2D eigenvalue weighted by Gasteiger charge is -2.13.